The Morgan fingerprint density at radius 2 is 1.70 bits per heavy atom. The highest BCUT2D eigenvalue weighted by atomic mass is 19.4. The van der Waals surface area contributed by atoms with E-state index in [1.165, 1.54) is 0 Å². The fraction of sp³-hybridized carbons (Fsp3) is 0.250. The first-order valence-electron chi connectivity index (χ1n) is 6.46. The highest BCUT2D eigenvalue weighted by Gasteiger charge is 2.42. The van der Waals surface area contributed by atoms with Crippen molar-refractivity contribution in [2.45, 2.75) is 24.4 Å². The smallest absolute Gasteiger partial charge is 0.260 e. The molecule has 1 unspecified atom stereocenters. The third-order valence-corrected chi connectivity index (χ3v) is 3.88. The van der Waals surface area contributed by atoms with E-state index in [2.05, 4.69) is 11.4 Å². The minimum atomic E-state index is -4.29. The average molecular weight is 276 g/mol. The van der Waals surface area contributed by atoms with Crippen molar-refractivity contribution in [2.75, 3.05) is 0 Å². The van der Waals surface area contributed by atoms with Crippen molar-refractivity contribution in [1.82, 2.24) is 4.98 Å². The van der Waals surface area contributed by atoms with Crippen molar-refractivity contribution in [3.05, 3.63) is 71.9 Å². The van der Waals surface area contributed by atoms with Crippen LogP contribution in [0, 0.1) is 6.42 Å². The lowest BCUT2D eigenvalue weighted by Crippen LogP contribution is -2.37. The molecule has 1 atom stereocenters. The molecule has 0 saturated heterocycles. The topological polar surface area (TPSA) is 12.9 Å². The number of nitrogens with zero attached hydrogens (tertiary/aromatic N) is 1. The maximum atomic E-state index is 12.6. The molecule has 0 spiro atoms. The van der Waals surface area contributed by atoms with Gasteiger partial charge in [0.1, 0.15) is 0 Å². The van der Waals surface area contributed by atoms with Gasteiger partial charge < -0.3 is 0 Å². The van der Waals surface area contributed by atoms with Crippen LogP contribution in [0.25, 0.3) is 0 Å². The fourth-order valence-electron chi connectivity index (χ4n) is 2.66. The zero-order valence-electron chi connectivity index (χ0n) is 10.7. The minimum absolute atomic E-state index is 0.328. The number of rotatable bonds is 2. The van der Waals surface area contributed by atoms with Gasteiger partial charge in [-0.15, -0.1) is 0 Å². The van der Waals surface area contributed by atoms with Crippen molar-refractivity contribution >= 4 is 0 Å². The Hall–Kier alpha value is -1.84. The Labute approximate surface area is 115 Å². The summed E-state index contributed by atoms with van der Waals surface area (Å²) < 4.78 is 37.8. The van der Waals surface area contributed by atoms with E-state index in [4.69, 9.17) is 0 Å². The highest BCUT2D eigenvalue weighted by Crippen LogP contribution is 2.47. The van der Waals surface area contributed by atoms with Crippen LogP contribution in [0.2, 0.25) is 0 Å². The lowest BCUT2D eigenvalue weighted by Gasteiger charge is -2.41. The van der Waals surface area contributed by atoms with Crippen molar-refractivity contribution in [3.8, 4) is 0 Å². The Balaban J connectivity index is 1.99. The van der Waals surface area contributed by atoms with E-state index in [0.29, 0.717) is 0 Å². The maximum Gasteiger partial charge on any atom is 0.416 e. The van der Waals surface area contributed by atoms with Gasteiger partial charge in [-0.25, -0.2) is 0 Å². The second kappa shape index (κ2) is 4.62. The predicted molar refractivity (Wildman–Crippen MR) is 70.0 cm³/mol. The number of pyridine rings is 1. The van der Waals surface area contributed by atoms with E-state index in [9.17, 15) is 13.2 Å². The molecule has 1 radical (unpaired) electrons. The summed E-state index contributed by atoms with van der Waals surface area (Å²) in [7, 11) is 0. The molecule has 0 N–H and O–H groups in total. The van der Waals surface area contributed by atoms with Crippen LogP contribution in [0.5, 0.6) is 0 Å². The summed E-state index contributed by atoms with van der Waals surface area (Å²) in [5, 5.41) is 0. The van der Waals surface area contributed by atoms with E-state index in [1.807, 2.05) is 18.2 Å². The fourth-order valence-corrected chi connectivity index (χ4v) is 2.66. The van der Waals surface area contributed by atoms with Crippen molar-refractivity contribution in [1.29, 1.82) is 0 Å². The Morgan fingerprint density at radius 1 is 1.00 bits per heavy atom. The van der Waals surface area contributed by atoms with Gasteiger partial charge in [0, 0.05) is 11.6 Å². The molecular weight excluding hydrogens is 263 g/mol. The van der Waals surface area contributed by atoms with Gasteiger partial charge in [0.05, 0.1) is 11.3 Å². The Kier molecular flexibility index (Phi) is 3.04. The molecule has 1 aromatic heterocycles. The molecule has 1 nitrogen and oxygen atoms in total. The van der Waals surface area contributed by atoms with E-state index < -0.39 is 11.7 Å². The molecule has 1 aromatic carbocycles. The van der Waals surface area contributed by atoms with E-state index in [-0.39, 0.29) is 5.41 Å². The van der Waals surface area contributed by atoms with E-state index in [1.54, 1.807) is 18.3 Å². The molecule has 2 aromatic rings. The number of halogens is 3. The summed E-state index contributed by atoms with van der Waals surface area (Å²) in [6.45, 7) is 0. The molecule has 103 valence electrons. The van der Waals surface area contributed by atoms with Crippen LogP contribution in [0.15, 0.2) is 48.7 Å². The van der Waals surface area contributed by atoms with Crippen molar-refractivity contribution in [3.63, 3.8) is 0 Å². The normalized spacial score (nSPS) is 17.6. The van der Waals surface area contributed by atoms with Gasteiger partial charge >= 0.3 is 6.18 Å². The van der Waals surface area contributed by atoms with Gasteiger partial charge in [0.15, 0.2) is 0 Å². The molecule has 4 heteroatoms. The van der Waals surface area contributed by atoms with E-state index in [0.717, 1.165) is 36.2 Å². The highest BCUT2D eigenvalue weighted by molar-refractivity contribution is 5.44. The molecule has 1 saturated carbocycles. The molecule has 3 rings (SSSR count). The van der Waals surface area contributed by atoms with Crippen LogP contribution in [0.1, 0.15) is 29.7 Å². The second-order valence-corrected chi connectivity index (χ2v) is 5.00. The third kappa shape index (κ3) is 2.09. The number of aromatic nitrogens is 1. The molecule has 1 fully saturated rings. The first-order chi connectivity index (χ1) is 9.52. The van der Waals surface area contributed by atoms with Crippen LogP contribution in [0.3, 0.4) is 0 Å². The Bertz CT molecular complexity index is 583. The number of hydrogen-bond acceptors (Lipinski definition) is 1. The molecule has 0 amide bonds. The number of alkyl halides is 3. The third-order valence-electron chi connectivity index (χ3n) is 3.88. The van der Waals surface area contributed by atoms with Gasteiger partial charge in [-0.05, 0) is 49.1 Å². The molecular formula is C16H13F3N. The number of benzene rings is 1. The monoisotopic (exact) mass is 276 g/mol. The van der Waals surface area contributed by atoms with Gasteiger partial charge in [-0.2, -0.15) is 13.2 Å². The molecule has 1 aliphatic carbocycles. The average Bonchev–Trinajstić information content (AvgIpc) is 2.38. The molecule has 0 aliphatic heterocycles. The molecule has 1 aliphatic rings. The predicted octanol–water partition coefficient (Wildman–Crippen LogP) is 4.38. The quantitative estimate of drug-likeness (QED) is 0.793. The second-order valence-electron chi connectivity index (χ2n) is 5.00. The van der Waals surface area contributed by atoms with Crippen molar-refractivity contribution < 1.29 is 13.2 Å². The van der Waals surface area contributed by atoms with Crippen LogP contribution in [0.4, 0.5) is 13.2 Å². The summed E-state index contributed by atoms with van der Waals surface area (Å²) in [5.41, 5.74) is 0.823. The largest absolute Gasteiger partial charge is 0.416 e. The zero-order chi connectivity index (χ0) is 14.2. The summed E-state index contributed by atoms with van der Waals surface area (Å²) in [4.78, 5) is 4.37. The first kappa shape index (κ1) is 13.2. The SMILES string of the molecule is FC(F)(F)c1ccc(C2(c3ccccn3)[CH]CC2)cc1. The lowest BCUT2D eigenvalue weighted by molar-refractivity contribution is -0.137. The van der Waals surface area contributed by atoms with Crippen LogP contribution in [-0.4, -0.2) is 4.98 Å². The molecule has 20 heavy (non-hydrogen) atoms. The summed E-state index contributed by atoms with van der Waals surface area (Å²) >= 11 is 0. The summed E-state index contributed by atoms with van der Waals surface area (Å²) in [6.07, 6.45) is 1.39. The first-order valence-corrected chi connectivity index (χ1v) is 6.46. The van der Waals surface area contributed by atoms with Crippen LogP contribution in [-0.2, 0) is 11.6 Å². The van der Waals surface area contributed by atoms with Gasteiger partial charge in [-0.1, -0.05) is 18.2 Å². The van der Waals surface area contributed by atoms with Gasteiger partial charge in [0.25, 0.3) is 0 Å². The maximum absolute atomic E-state index is 12.6. The molecule has 1 heterocycles. The zero-order valence-corrected chi connectivity index (χ0v) is 10.7. The van der Waals surface area contributed by atoms with Gasteiger partial charge in [0.2, 0.25) is 0 Å². The summed E-state index contributed by atoms with van der Waals surface area (Å²) in [6, 6.07) is 11.1. The summed E-state index contributed by atoms with van der Waals surface area (Å²) in [5.74, 6) is 0. The van der Waals surface area contributed by atoms with Crippen LogP contribution < -0.4 is 0 Å². The van der Waals surface area contributed by atoms with Crippen LogP contribution >= 0.6 is 0 Å². The standard InChI is InChI=1S/C16H13F3N/c17-16(18,19)13-7-5-12(6-8-13)15(9-3-10-15)14-4-1-2-11-20-14/h1-2,4-9,11H,3,10H2. The number of hydrogen-bond donors (Lipinski definition) is 0. The molecule has 0 bridgehead atoms. The Morgan fingerprint density at radius 3 is 2.15 bits per heavy atom. The van der Waals surface area contributed by atoms with Crippen molar-refractivity contribution in [2.24, 2.45) is 0 Å². The van der Waals surface area contributed by atoms with Gasteiger partial charge in [-0.3, -0.25) is 4.98 Å². The van der Waals surface area contributed by atoms with E-state index >= 15 is 0 Å². The minimum Gasteiger partial charge on any atom is -0.260 e. The lowest BCUT2D eigenvalue weighted by atomic mass is 9.62.